The van der Waals surface area contributed by atoms with Crippen molar-refractivity contribution in [1.29, 1.82) is 5.53 Å². The van der Waals surface area contributed by atoms with Crippen molar-refractivity contribution in [2.24, 2.45) is 0 Å². The van der Waals surface area contributed by atoms with E-state index in [0.717, 1.165) is 6.42 Å². The number of hydrogen-bond acceptors (Lipinski definition) is 1. The standard InChI is InChI=1S/C13H12.HN3.N3/c1-3-7-12(8-4-1)11-13-9-5-2-6-10-13;2*1-3-2/h1-10H,11H2;1H;/q;;-1. The lowest BCUT2D eigenvalue weighted by Gasteiger charge is -2.00. The topological polar surface area (TPSA) is 119 Å². The molecule has 0 amide bonds. The molecule has 0 saturated heterocycles. The number of nitrogens with one attached hydrogen (secondary N) is 1. The van der Waals surface area contributed by atoms with Crippen LogP contribution in [0.4, 0.5) is 0 Å². The Bertz CT molecular complexity index is 462. The maximum atomic E-state index is 6.86. The quantitative estimate of drug-likeness (QED) is 0.439. The molecule has 0 bridgehead atoms. The van der Waals surface area contributed by atoms with Gasteiger partial charge >= 0.3 is 0 Å². The summed E-state index contributed by atoms with van der Waals surface area (Å²) in [5.41, 5.74) is 28.5. The molecule has 0 spiro atoms. The first-order chi connectivity index (χ1) is 9.28. The number of nitrogens with zero attached hydrogens (tertiary/aromatic N) is 5. The zero-order valence-corrected chi connectivity index (χ0v) is 10.2. The summed E-state index contributed by atoms with van der Waals surface area (Å²) in [6, 6.07) is 21.1. The van der Waals surface area contributed by atoms with Gasteiger partial charge in [-0.25, -0.2) is 0 Å². The summed E-state index contributed by atoms with van der Waals surface area (Å²) in [6.07, 6.45) is 1.03. The summed E-state index contributed by atoms with van der Waals surface area (Å²) in [5.74, 6) is 0. The van der Waals surface area contributed by atoms with Crippen LogP contribution in [0.5, 0.6) is 0 Å². The lowest BCUT2D eigenvalue weighted by Crippen LogP contribution is -1.85. The molecule has 0 unspecified atom stereocenters. The average molecular weight is 253 g/mol. The van der Waals surface area contributed by atoms with E-state index in [1.165, 1.54) is 16.0 Å². The van der Waals surface area contributed by atoms with Crippen LogP contribution in [0, 0.1) is 5.53 Å². The van der Waals surface area contributed by atoms with Gasteiger partial charge < -0.3 is 11.1 Å². The Hall–Kier alpha value is -2.94. The van der Waals surface area contributed by atoms with E-state index >= 15 is 0 Å². The summed E-state index contributed by atoms with van der Waals surface area (Å²) < 4.78 is 0. The minimum Gasteiger partial charge on any atom is -0.373 e. The largest absolute Gasteiger partial charge is 0.373 e. The SMILES string of the molecule is [N-]=[N+]=N.[N-]=[N+]=[N-].c1ccc(Cc2ccccc2)cc1. The maximum Gasteiger partial charge on any atom is -0.00208 e. The normalized spacial score (nSPS) is 7.58. The second-order valence-electron chi connectivity index (χ2n) is 3.34. The molecule has 0 aromatic heterocycles. The van der Waals surface area contributed by atoms with Crippen LogP contribution in [-0.2, 0) is 6.42 Å². The van der Waals surface area contributed by atoms with Crippen molar-refractivity contribution >= 4 is 0 Å². The fourth-order valence-corrected chi connectivity index (χ4v) is 1.43. The molecule has 0 aliphatic carbocycles. The fraction of sp³-hybridized carbons (Fsp3) is 0.0769. The fourth-order valence-electron chi connectivity index (χ4n) is 1.43. The average Bonchev–Trinajstić information content (AvgIpc) is 2.43. The Balaban J connectivity index is 0.000000465. The van der Waals surface area contributed by atoms with Gasteiger partial charge in [-0.05, 0) is 28.0 Å². The van der Waals surface area contributed by atoms with E-state index < -0.39 is 0 Å². The molecule has 0 aliphatic heterocycles. The summed E-state index contributed by atoms with van der Waals surface area (Å²) in [4.78, 5) is 3.25. The van der Waals surface area contributed by atoms with Gasteiger partial charge in [0.15, 0.2) is 0 Å². The predicted molar refractivity (Wildman–Crippen MR) is 75.2 cm³/mol. The second-order valence-corrected chi connectivity index (χ2v) is 3.34. The van der Waals surface area contributed by atoms with Crippen LogP contribution in [0.1, 0.15) is 11.1 Å². The molecule has 2 rings (SSSR count). The van der Waals surface area contributed by atoms with Gasteiger partial charge in [0.25, 0.3) is 0 Å². The highest BCUT2D eigenvalue weighted by atomic mass is 15.0. The van der Waals surface area contributed by atoms with Gasteiger partial charge in [-0.1, -0.05) is 60.7 Å². The summed E-state index contributed by atoms with van der Waals surface area (Å²) in [7, 11) is 0. The van der Waals surface area contributed by atoms with Crippen LogP contribution in [0.15, 0.2) is 60.7 Å². The van der Waals surface area contributed by atoms with Crippen molar-refractivity contribution in [1.82, 2.24) is 0 Å². The molecule has 6 nitrogen and oxygen atoms in total. The molecule has 1 N–H and O–H groups in total. The van der Waals surface area contributed by atoms with Crippen LogP contribution >= 0.6 is 0 Å². The van der Waals surface area contributed by atoms with Gasteiger partial charge in [-0.3, -0.25) is 4.91 Å². The lowest BCUT2D eigenvalue weighted by molar-refractivity contribution is 1.19. The highest BCUT2D eigenvalue weighted by molar-refractivity contribution is 5.25. The van der Waals surface area contributed by atoms with Crippen LogP contribution in [0.2, 0.25) is 0 Å². The Morgan fingerprint density at radius 3 is 1.26 bits per heavy atom. The molecule has 0 heterocycles. The molecule has 96 valence electrons. The van der Waals surface area contributed by atoms with E-state index in [-0.39, 0.29) is 0 Å². The van der Waals surface area contributed by atoms with E-state index in [4.69, 9.17) is 22.1 Å². The molecular formula is C13H13N6-. The smallest absolute Gasteiger partial charge is 0.00208 e. The molecule has 2 aromatic rings. The van der Waals surface area contributed by atoms with Gasteiger partial charge in [-0.15, -0.1) is 5.53 Å². The molecule has 0 fully saturated rings. The van der Waals surface area contributed by atoms with E-state index in [0.29, 0.717) is 0 Å². The summed E-state index contributed by atoms with van der Waals surface area (Å²) >= 11 is 0. The van der Waals surface area contributed by atoms with Crippen molar-refractivity contribution < 1.29 is 0 Å². The molecule has 0 aliphatic rings. The molecule has 0 saturated carbocycles. The third-order valence-corrected chi connectivity index (χ3v) is 2.09. The first-order valence-corrected chi connectivity index (χ1v) is 5.35. The van der Waals surface area contributed by atoms with Crippen molar-refractivity contribution in [3.8, 4) is 0 Å². The Morgan fingerprint density at radius 1 is 0.737 bits per heavy atom. The summed E-state index contributed by atoms with van der Waals surface area (Å²) in [6.45, 7) is 0. The van der Waals surface area contributed by atoms with Gasteiger partial charge in [0.2, 0.25) is 0 Å². The van der Waals surface area contributed by atoms with Crippen LogP contribution < -0.4 is 0 Å². The van der Waals surface area contributed by atoms with Crippen LogP contribution in [0.3, 0.4) is 0 Å². The third-order valence-electron chi connectivity index (χ3n) is 2.09. The first-order valence-electron chi connectivity index (χ1n) is 5.35. The Labute approximate surface area is 111 Å². The molecule has 0 radical (unpaired) electrons. The minimum absolute atomic E-state index is 1.03. The third kappa shape index (κ3) is 8.83. The number of benzene rings is 2. The van der Waals surface area contributed by atoms with Crippen molar-refractivity contribution in [3.05, 3.63) is 98.2 Å². The Kier molecular flexibility index (Phi) is 9.76. The molecule has 2 aromatic carbocycles. The van der Waals surface area contributed by atoms with E-state index in [1.54, 1.807) is 4.91 Å². The molecule has 0 atom stereocenters. The van der Waals surface area contributed by atoms with Gasteiger partial charge in [-0.2, -0.15) is 0 Å². The second kappa shape index (κ2) is 11.5. The minimum atomic E-state index is 1.03. The predicted octanol–water partition coefficient (Wildman–Crippen LogP) is 5.02. The van der Waals surface area contributed by atoms with Gasteiger partial charge in [0.1, 0.15) is 0 Å². The van der Waals surface area contributed by atoms with Crippen molar-refractivity contribution in [2.75, 3.05) is 0 Å². The zero-order chi connectivity index (χ0) is 14.3. The highest BCUT2D eigenvalue weighted by Gasteiger charge is 1.92. The highest BCUT2D eigenvalue weighted by Crippen LogP contribution is 2.07. The van der Waals surface area contributed by atoms with Crippen LogP contribution in [-0.4, -0.2) is 0 Å². The number of hydrogen-bond donors (Lipinski definition) is 1. The molecular weight excluding hydrogens is 240 g/mol. The van der Waals surface area contributed by atoms with E-state index in [1.807, 2.05) is 0 Å². The Morgan fingerprint density at radius 2 is 1.00 bits per heavy atom. The first kappa shape index (κ1) is 16.1. The van der Waals surface area contributed by atoms with Crippen molar-refractivity contribution in [2.45, 2.75) is 6.42 Å². The monoisotopic (exact) mass is 253 g/mol. The van der Waals surface area contributed by atoms with Crippen molar-refractivity contribution in [3.63, 3.8) is 0 Å². The summed E-state index contributed by atoms with van der Waals surface area (Å²) in [5, 5.41) is 0. The lowest BCUT2D eigenvalue weighted by atomic mass is 10.1. The van der Waals surface area contributed by atoms with Gasteiger partial charge in [0.05, 0.1) is 0 Å². The van der Waals surface area contributed by atoms with E-state index in [2.05, 4.69) is 60.7 Å². The number of rotatable bonds is 2. The maximum absolute atomic E-state index is 6.86. The molecule has 6 heteroatoms. The zero-order valence-electron chi connectivity index (χ0n) is 10.2. The molecule has 19 heavy (non-hydrogen) atoms. The van der Waals surface area contributed by atoms with Crippen LogP contribution in [0.25, 0.3) is 26.4 Å². The van der Waals surface area contributed by atoms with E-state index in [9.17, 15) is 0 Å². The van der Waals surface area contributed by atoms with Gasteiger partial charge in [0, 0.05) is 0 Å².